The Bertz CT molecular complexity index is 381. The van der Waals surface area contributed by atoms with E-state index in [2.05, 4.69) is 12.6 Å². The second-order valence-corrected chi connectivity index (χ2v) is 4.56. The number of nitrogen functional groups attached to an aromatic ring is 1. The summed E-state index contributed by atoms with van der Waals surface area (Å²) in [7, 11) is 0. The molecule has 15 heavy (non-hydrogen) atoms. The van der Waals surface area contributed by atoms with Gasteiger partial charge in [0.15, 0.2) is 0 Å². The molecule has 2 rings (SSSR count). The monoisotopic (exact) mass is 222 g/mol. The molecule has 0 spiro atoms. The number of rotatable bonds is 2. The van der Waals surface area contributed by atoms with Crippen LogP contribution in [0.5, 0.6) is 0 Å². The first-order valence-electron chi connectivity index (χ1n) is 4.96. The number of amides is 1. The Balaban J connectivity index is 2.09. The molecule has 1 fully saturated rings. The van der Waals surface area contributed by atoms with Crippen LogP contribution in [0, 0.1) is 0 Å². The van der Waals surface area contributed by atoms with Crippen LogP contribution < -0.4 is 5.73 Å². The number of hydrogen-bond donors (Lipinski definition) is 2. The Morgan fingerprint density at radius 1 is 1.47 bits per heavy atom. The molecule has 4 heteroatoms. The van der Waals surface area contributed by atoms with Crippen LogP contribution >= 0.6 is 12.6 Å². The normalized spacial score (nSPS) is 21.0. The lowest BCUT2D eigenvalue weighted by Crippen LogP contribution is -2.25. The topological polar surface area (TPSA) is 46.3 Å². The van der Waals surface area contributed by atoms with Crippen LogP contribution in [0.1, 0.15) is 12.0 Å². The van der Waals surface area contributed by atoms with E-state index in [4.69, 9.17) is 5.73 Å². The highest BCUT2D eigenvalue weighted by Crippen LogP contribution is 2.20. The summed E-state index contributed by atoms with van der Waals surface area (Å²) in [6.07, 6.45) is 0.538. The summed E-state index contributed by atoms with van der Waals surface area (Å²) in [5.41, 5.74) is 7.57. The Kier molecular flexibility index (Phi) is 2.86. The Hall–Kier alpha value is -1.16. The van der Waals surface area contributed by atoms with Crippen molar-refractivity contribution in [1.82, 2.24) is 4.90 Å². The summed E-state index contributed by atoms with van der Waals surface area (Å²) in [5.74, 6) is 0.165. The number of thiol groups is 1. The summed E-state index contributed by atoms with van der Waals surface area (Å²) in [6, 6.07) is 7.64. The van der Waals surface area contributed by atoms with Gasteiger partial charge in [0, 0.05) is 30.4 Å². The predicted octanol–water partition coefficient (Wildman–Crippen LogP) is 1.30. The third-order valence-corrected chi connectivity index (χ3v) is 2.96. The number of carbonyl (C=O) groups excluding carboxylic acids is 1. The number of para-hydroxylation sites is 1. The minimum Gasteiger partial charge on any atom is -0.398 e. The van der Waals surface area contributed by atoms with E-state index >= 15 is 0 Å². The van der Waals surface area contributed by atoms with Crippen molar-refractivity contribution in [1.29, 1.82) is 0 Å². The van der Waals surface area contributed by atoms with E-state index in [9.17, 15) is 4.79 Å². The van der Waals surface area contributed by atoms with Crippen molar-refractivity contribution in [2.24, 2.45) is 0 Å². The van der Waals surface area contributed by atoms with Crippen molar-refractivity contribution in [2.75, 3.05) is 12.3 Å². The van der Waals surface area contributed by atoms with Gasteiger partial charge in [-0.2, -0.15) is 12.6 Å². The molecule has 1 amide bonds. The lowest BCUT2D eigenvalue weighted by atomic mass is 10.2. The van der Waals surface area contributed by atoms with Crippen molar-refractivity contribution < 1.29 is 4.79 Å². The molecule has 2 N–H and O–H groups in total. The fourth-order valence-electron chi connectivity index (χ4n) is 1.79. The van der Waals surface area contributed by atoms with Crippen LogP contribution in [-0.2, 0) is 11.3 Å². The second kappa shape index (κ2) is 4.14. The maximum absolute atomic E-state index is 11.5. The van der Waals surface area contributed by atoms with E-state index in [0.717, 1.165) is 17.8 Å². The van der Waals surface area contributed by atoms with E-state index < -0.39 is 0 Å². The van der Waals surface area contributed by atoms with Crippen molar-refractivity contribution in [2.45, 2.75) is 18.2 Å². The van der Waals surface area contributed by atoms with Crippen molar-refractivity contribution in [3.05, 3.63) is 29.8 Å². The molecule has 1 atom stereocenters. The lowest BCUT2D eigenvalue weighted by molar-refractivity contribution is -0.128. The first-order valence-corrected chi connectivity index (χ1v) is 5.47. The molecule has 0 radical (unpaired) electrons. The smallest absolute Gasteiger partial charge is 0.224 e. The number of likely N-dealkylation sites (tertiary alicyclic amines) is 1. The van der Waals surface area contributed by atoms with Crippen LogP contribution in [0.15, 0.2) is 24.3 Å². The van der Waals surface area contributed by atoms with Crippen LogP contribution in [0.25, 0.3) is 0 Å². The highest BCUT2D eigenvalue weighted by Gasteiger charge is 2.27. The van der Waals surface area contributed by atoms with Gasteiger partial charge in [0.1, 0.15) is 0 Å². The van der Waals surface area contributed by atoms with Crippen molar-refractivity contribution >= 4 is 24.2 Å². The van der Waals surface area contributed by atoms with Crippen LogP contribution in [0.2, 0.25) is 0 Å². The summed E-state index contributed by atoms with van der Waals surface area (Å²) in [6.45, 7) is 1.32. The molecule has 1 aliphatic heterocycles. The molecule has 1 heterocycles. The predicted molar refractivity (Wildman–Crippen MR) is 63.7 cm³/mol. The molecular weight excluding hydrogens is 208 g/mol. The molecule has 0 bridgehead atoms. The van der Waals surface area contributed by atoms with E-state index in [-0.39, 0.29) is 11.2 Å². The molecular formula is C11H14N2OS. The standard InChI is InChI=1S/C11H14N2OS/c12-10-4-2-1-3-8(10)6-13-7-9(15)5-11(13)14/h1-4,9,15H,5-7,12H2. The molecule has 80 valence electrons. The Morgan fingerprint density at radius 3 is 2.80 bits per heavy atom. The first kappa shape index (κ1) is 10.4. The second-order valence-electron chi connectivity index (χ2n) is 3.83. The molecule has 1 saturated heterocycles. The zero-order chi connectivity index (χ0) is 10.8. The summed E-state index contributed by atoms with van der Waals surface area (Å²) >= 11 is 4.31. The molecule has 1 unspecified atom stereocenters. The molecule has 1 aliphatic rings. The maximum Gasteiger partial charge on any atom is 0.224 e. The number of benzene rings is 1. The van der Waals surface area contributed by atoms with E-state index in [1.54, 1.807) is 0 Å². The van der Waals surface area contributed by atoms with Gasteiger partial charge in [-0.05, 0) is 11.6 Å². The highest BCUT2D eigenvalue weighted by atomic mass is 32.1. The van der Waals surface area contributed by atoms with Crippen molar-refractivity contribution in [3.8, 4) is 0 Å². The number of nitrogens with two attached hydrogens (primary N) is 1. The number of nitrogens with zero attached hydrogens (tertiary/aromatic N) is 1. The van der Waals surface area contributed by atoms with Gasteiger partial charge in [-0.1, -0.05) is 18.2 Å². The SMILES string of the molecule is Nc1ccccc1CN1CC(S)CC1=O. The zero-order valence-corrected chi connectivity index (χ0v) is 9.28. The van der Waals surface area contributed by atoms with Gasteiger partial charge in [0.25, 0.3) is 0 Å². The molecule has 0 aromatic heterocycles. The average Bonchev–Trinajstić information content (AvgIpc) is 2.49. The summed E-state index contributed by atoms with van der Waals surface area (Å²) in [5, 5.41) is 0.169. The molecule has 3 nitrogen and oxygen atoms in total. The molecule has 0 aliphatic carbocycles. The van der Waals surface area contributed by atoms with Gasteiger partial charge in [0.2, 0.25) is 5.91 Å². The van der Waals surface area contributed by atoms with Crippen LogP contribution in [-0.4, -0.2) is 22.6 Å². The van der Waals surface area contributed by atoms with Gasteiger partial charge in [0.05, 0.1) is 0 Å². The lowest BCUT2D eigenvalue weighted by Gasteiger charge is -2.16. The van der Waals surface area contributed by atoms with Crippen molar-refractivity contribution in [3.63, 3.8) is 0 Å². The van der Waals surface area contributed by atoms with Gasteiger partial charge >= 0.3 is 0 Å². The number of anilines is 1. The van der Waals surface area contributed by atoms with E-state index in [1.165, 1.54) is 0 Å². The Morgan fingerprint density at radius 2 is 2.20 bits per heavy atom. The quantitative estimate of drug-likeness (QED) is 0.585. The summed E-state index contributed by atoms with van der Waals surface area (Å²) < 4.78 is 0. The minimum absolute atomic E-state index is 0.165. The first-order chi connectivity index (χ1) is 7.16. The number of hydrogen-bond acceptors (Lipinski definition) is 3. The summed E-state index contributed by atoms with van der Waals surface area (Å²) in [4.78, 5) is 13.3. The molecule has 1 aromatic rings. The van der Waals surface area contributed by atoms with Gasteiger partial charge in [-0.3, -0.25) is 4.79 Å². The van der Waals surface area contributed by atoms with Gasteiger partial charge < -0.3 is 10.6 Å². The fraction of sp³-hybridized carbons (Fsp3) is 0.364. The van der Waals surface area contributed by atoms with Crippen LogP contribution in [0.4, 0.5) is 5.69 Å². The third kappa shape index (κ3) is 2.26. The zero-order valence-electron chi connectivity index (χ0n) is 8.39. The molecule has 0 saturated carbocycles. The average molecular weight is 222 g/mol. The van der Waals surface area contributed by atoms with Gasteiger partial charge in [-0.25, -0.2) is 0 Å². The maximum atomic E-state index is 11.5. The fourth-order valence-corrected chi connectivity index (χ4v) is 2.14. The van der Waals surface area contributed by atoms with E-state index in [0.29, 0.717) is 13.0 Å². The van der Waals surface area contributed by atoms with E-state index in [1.807, 2.05) is 29.2 Å². The third-order valence-electron chi connectivity index (χ3n) is 2.61. The highest BCUT2D eigenvalue weighted by molar-refractivity contribution is 7.81. The van der Waals surface area contributed by atoms with Crippen LogP contribution in [0.3, 0.4) is 0 Å². The number of carbonyl (C=O) groups is 1. The minimum atomic E-state index is 0.165. The molecule has 1 aromatic carbocycles. The Labute approximate surface area is 94.7 Å². The van der Waals surface area contributed by atoms with Gasteiger partial charge in [-0.15, -0.1) is 0 Å². The largest absolute Gasteiger partial charge is 0.398 e.